The summed E-state index contributed by atoms with van der Waals surface area (Å²) in [5.74, 6) is -0.0964. The van der Waals surface area contributed by atoms with Crippen LogP contribution in [0.4, 0.5) is 0 Å². The van der Waals surface area contributed by atoms with Crippen LogP contribution in [0.2, 0.25) is 0 Å². The highest BCUT2D eigenvalue weighted by molar-refractivity contribution is 8.19. The zero-order valence-electron chi connectivity index (χ0n) is 14.2. The number of benzene rings is 2. The highest BCUT2D eigenvalue weighted by atomic mass is 32.2. The molecule has 2 aromatic carbocycles. The van der Waals surface area contributed by atoms with Gasteiger partial charge in [-0.25, -0.2) is 0 Å². The number of amidine groups is 1. The predicted molar refractivity (Wildman–Crippen MR) is 109 cm³/mol. The van der Waals surface area contributed by atoms with Crippen LogP contribution in [-0.2, 0) is 11.3 Å². The maximum Gasteiger partial charge on any atom is 0.269 e. The van der Waals surface area contributed by atoms with Gasteiger partial charge < -0.3 is 4.90 Å². The van der Waals surface area contributed by atoms with Crippen molar-refractivity contribution in [2.45, 2.75) is 6.54 Å². The van der Waals surface area contributed by atoms with E-state index in [9.17, 15) is 4.79 Å². The summed E-state index contributed by atoms with van der Waals surface area (Å²) in [6.45, 7) is 0.426. The van der Waals surface area contributed by atoms with E-state index in [1.807, 2.05) is 60.5 Å². The molecule has 1 saturated heterocycles. The van der Waals surface area contributed by atoms with E-state index in [0.717, 1.165) is 21.9 Å². The molecule has 0 atom stereocenters. The van der Waals surface area contributed by atoms with E-state index < -0.39 is 0 Å². The van der Waals surface area contributed by atoms with Gasteiger partial charge in [-0.05, 0) is 22.9 Å². The van der Waals surface area contributed by atoms with Crippen LogP contribution in [0.1, 0.15) is 11.1 Å². The molecule has 0 saturated carbocycles. The maximum absolute atomic E-state index is 12.9. The van der Waals surface area contributed by atoms with Gasteiger partial charge in [-0.15, -0.1) is 0 Å². The largest absolute Gasteiger partial charge is 0.337 e. The Kier molecular flexibility index (Phi) is 4.61. The molecule has 2 aliphatic rings. The Balaban J connectivity index is 1.59. The molecule has 0 unspecified atom stereocenters. The number of amides is 1. The molecule has 2 aliphatic heterocycles. The maximum atomic E-state index is 12.9. The molecule has 2 heterocycles. The summed E-state index contributed by atoms with van der Waals surface area (Å²) in [5.41, 5.74) is 3.21. The van der Waals surface area contributed by atoms with Crippen molar-refractivity contribution in [2.75, 3.05) is 7.05 Å². The van der Waals surface area contributed by atoms with Gasteiger partial charge >= 0.3 is 0 Å². The fourth-order valence-corrected chi connectivity index (χ4v) is 5.02. The van der Waals surface area contributed by atoms with Crippen LogP contribution < -0.4 is 0 Å². The Hall–Kier alpha value is -2.44. The van der Waals surface area contributed by atoms with E-state index >= 15 is 0 Å². The van der Waals surface area contributed by atoms with E-state index in [0.29, 0.717) is 11.4 Å². The molecule has 26 heavy (non-hydrogen) atoms. The molecule has 4 nitrogen and oxygen atoms in total. The van der Waals surface area contributed by atoms with Crippen LogP contribution in [0.15, 0.2) is 76.0 Å². The molecule has 1 amide bonds. The standard InChI is InChI=1S/C20H17N3OS2/c1-22-16(15-10-6-3-7-11-15)13-25-19(22)17-18(24)23(20(21)26-17)12-14-8-4-2-5-9-14/h2-11,13,21H,12H2,1H3/b19-17-,21-20?. The first kappa shape index (κ1) is 17.0. The van der Waals surface area contributed by atoms with Gasteiger partial charge in [0.05, 0.1) is 17.3 Å². The van der Waals surface area contributed by atoms with Crippen molar-refractivity contribution in [3.05, 3.63) is 87.1 Å². The van der Waals surface area contributed by atoms with Crippen molar-refractivity contribution in [3.8, 4) is 0 Å². The normalized spacial score (nSPS) is 20.1. The Morgan fingerprint density at radius 1 is 1.00 bits per heavy atom. The number of thioether (sulfide) groups is 2. The molecule has 0 aliphatic carbocycles. The molecule has 0 spiro atoms. The lowest BCUT2D eigenvalue weighted by atomic mass is 10.1. The lowest BCUT2D eigenvalue weighted by Crippen LogP contribution is -2.28. The van der Waals surface area contributed by atoms with Gasteiger partial charge in [-0.2, -0.15) is 0 Å². The van der Waals surface area contributed by atoms with Gasteiger partial charge in [0.15, 0.2) is 5.17 Å². The molecule has 0 bridgehead atoms. The molecular weight excluding hydrogens is 362 g/mol. The smallest absolute Gasteiger partial charge is 0.269 e. The molecule has 2 aromatic rings. The Morgan fingerprint density at radius 2 is 1.65 bits per heavy atom. The van der Waals surface area contributed by atoms with E-state index in [-0.39, 0.29) is 11.1 Å². The van der Waals surface area contributed by atoms with Crippen molar-refractivity contribution < 1.29 is 4.79 Å². The van der Waals surface area contributed by atoms with Crippen molar-refractivity contribution in [1.82, 2.24) is 9.80 Å². The van der Waals surface area contributed by atoms with Crippen molar-refractivity contribution in [3.63, 3.8) is 0 Å². The molecule has 1 fully saturated rings. The van der Waals surface area contributed by atoms with Crippen LogP contribution in [0, 0.1) is 5.41 Å². The highest BCUT2D eigenvalue weighted by Crippen LogP contribution is 2.45. The zero-order valence-corrected chi connectivity index (χ0v) is 15.8. The molecule has 1 N–H and O–H groups in total. The number of hydrogen-bond acceptors (Lipinski definition) is 5. The third-order valence-electron chi connectivity index (χ3n) is 4.28. The summed E-state index contributed by atoms with van der Waals surface area (Å²) in [6.07, 6.45) is 0. The summed E-state index contributed by atoms with van der Waals surface area (Å²) in [5, 5.41) is 11.5. The third-order valence-corrected chi connectivity index (χ3v) is 6.44. The van der Waals surface area contributed by atoms with Gasteiger partial charge in [0, 0.05) is 12.5 Å². The molecule has 4 rings (SSSR count). The second-order valence-electron chi connectivity index (χ2n) is 5.96. The molecule has 6 heteroatoms. The van der Waals surface area contributed by atoms with Crippen molar-refractivity contribution in [1.29, 1.82) is 5.41 Å². The Morgan fingerprint density at radius 3 is 2.35 bits per heavy atom. The van der Waals surface area contributed by atoms with Crippen LogP contribution >= 0.6 is 23.5 Å². The monoisotopic (exact) mass is 379 g/mol. The zero-order chi connectivity index (χ0) is 18.1. The quantitative estimate of drug-likeness (QED) is 0.795. The van der Waals surface area contributed by atoms with Crippen molar-refractivity contribution >= 4 is 40.3 Å². The Labute approximate surface area is 161 Å². The summed E-state index contributed by atoms with van der Waals surface area (Å²) in [4.78, 5) is 17.1. The van der Waals surface area contributed by atoms with E-state index in [2.05, 4.69) is 17.5 Å². The van der Waals surface area contributed by atoms with E-state index in [4.69, 9.17) is 5.41 Å². The average Bonchev–Trinajstić information content (AvgIpc) is 3.18. The number of hydrogen-bond donors (Lipinski definition) is 1. The fraction of sp³-hybridized carbons (Fsp3) is 0.100. The van der Waals surface area contributed by atoms with E-state index in [1.54, 1.807) is 11.8 Å². The van der Waals surface area contributed by atoms with E-state index in [1.165, 1.54) is 16.7 Å². The number of rotatable bonds is 3. The number of nitrogens with zero attached hydrogens (tertiary/aromatic N) is 2. The third kappa shape index (κ3) is 3.06. The van der Waals surface area contributed by atoms with Gasteiger partial charge in [-0.3, -0.25) is 15.1 Å². The molecule has 130 valence electrons. The van der Waals surface area contributed by atoms with Crippen LogP contribution in [0.3, 0.4) is 0 Å². The minimum Gasteiger partial charge on any atom is -0.337 e. The van der Waals surface area contributed by atoms with Gasteiger partial charge in [0.25, 0.3) is 5.91 Å². The predicted octanol–water partition coefficient (Wildman–Crippen LogP) is 4.54. The lowest BCUT2D eigenvalue weighted by Gasteiger charge is -2.19. The average molecular weight is 380 g/mol. The fourth-order valence-electron chi connectivity index (χ4n) is 2.91. The second-order valence-corrected chi connectivity index (χ2v) is 7.82. The Bertz CT molecular complexity index is 923. The number of carbonyl (C=O) groups is 1. The van der Waals surface area contributed by atoms with Crippen LogP contribution in [0.5, 0.6) is 0 Å². The number of nitrogens with one attached hydrogen (secondary N) is 1. The lowest BCUT2D eigenvalue weighted by molar-refractivity contribution is -0.122. The first-order chi connectivity index (χ1) is 12.6. The summed E-state index contributed by atoms with van der Waals surface area (Å²) >= 11 is 2.79. The van der Waals surface area contributed by atoms with Gasteiger partial charge in [-0.1, -0.05) is 72.4 Å². The molecular formula is C20H17N3OS2. The SMILES string of the molecule is CN1C(c2ccccc2)=CS/C1=C1\SC(=N)N(Cc2ccccc2)C1=O. The van der Waals surface area contributed by atoms with Crippen LogP contribution in [0.25, 0.3) is 5.70 Å². The minimum absolute atomic E-state index is 0.0964. The summed E-state index contributed by atoms with van der Waals surface area (Å²) < 4.78 is 0. The van der Waals surface area contributed by atoms with Gasteiger partial charge in [0.2, 0.25) is 0 Å². The van der Waals surface area contributed by atoms with Gasteiger partial charge in [0.1, 0.15) is 4.91 Å². The minimum atomic E-state index is -0.0964. The first-order valence-electron chi connectivity index (χ1n) is 8.17. The first-order valence-corrected chi connectivity index (χ1v) is 9.87. The van der Waals surface area contributed by atoms with Crippen LogP contribution in [-0.4, -0.2) is 27.9 Å². The summed E-state index contributed by atoms with van der Waals surface area (Å²) in [7, 11) is 1.97. The highest BCUT2D eigenvalue weighted by Gasteiger charge is 2.37. The number of carbonyl (C=O) groups excluding carboxylic acids is 1. The second kappa shape index (κ2) is 7.05. The molecule has 0 aromatic heterocycles. The molecule has 0 radical (unpaired) electrons. The summed E-state index contributed by atoms with van der Waals surface area (Å²) in [6, 6.07) is 19.9. The van der Waals surface area contributed by atoms with Crippen molar-refractivity contribution in [2.24, 2.45) is 0 Å². The topological polar surface area (TPSA) is 47.4 Å².